The van der Waals surface area contributed by atoms with Crippen molar-refractivity contribution in [3.8, 4) is 0 Å². The van der Waals surface area contributed by atoms with Crippen molar-refractivity contribution in [2.75, 3.05) is 52.6 Å². The van der Waals surface area contributed by atoms with Crippen molar-refractivity contribution < 1.29 is 9.47 Å². The van der Waals surface area contributed by atoms with Crippen LogP contribution < -0.4 is 0 Å². The topological polar surface area (TPSA) is 24.9 Å². The minimum Gasteiger partial charge on any atom is -0.378 e. The molecule has 0 spiro atoms. The third-order valence-corrected chi connectivity index (χ3v) is 3.54. The maximum absolute atomic E-state index is 5.46. The number of allylic oxidation sites excluding steroid dienone is 5. The molecule has 4 nitrogen and oxygen atoms in total. The highest BCUT2D eigenvalue weighted by Gasteiger charge is 2.23. The fraction of sp³-hybridized carbons (Fsp3) is 0.571. The van der Waals surface area contributed by atoms with Gasteiger partial charge >= 0.3 is 0 Å². The van der Waals surface area contributed by atoms with Crippen LogP contribution >= 0.6 is 0 Å². The van der Waals surface area contributed by atoms with Crippen molar-refractivity contribution in [1.29, 1.82) is 0 Å². The SMILES string of the molecule is C1=CC(=C(N2CCOCC2)N2CCOCC2)C=C1. The summed E-state index contributed by atoms with van der Waals surface area (Å²) >= 11 is 0. The Morgan fingerprint density at radius 3 is 1.67 bits per heavy atom. The largest absolute Gasteiger partial charge is 0.378 e. The van der Waals surface area contributed by atoms with E-state index < -0.39 is 0 Å². The molecule has 0 unspecified atom stereocenters. The third kappa shape index (κ3) is 2.44. The van der Waals surface area contributed by atoms with Gasteiger partial charge in [0.1, 0.15) is 5.82 Å². The van der Waals surface area contributed by atoms with E-state index in [-0.39, 0.29) is 0 Å². The van der Waals surface area contributed by atoms with Gasteiger partial charge in [-0.2, -0.15) is 0 Å². The van der Waals surface area contributed by atoms with E-state index in [1.807, 2.05) is 0 Å². The van der Waals surface area contributed by atoms with E-state index in [0.29, 0.717) is 0 Å². The quantitative estimate of drug-likeness (QED) is 0.727. The molecule has 18 heavy (non-hydrogen) atoms. The van der Waals surface area contributed by atoms with E-state index in [0.717, 1.165) is 52.6 Å². The van der Waals surface area contributed by atoms with Crippen LogP contribution in [0.2, 0.25) is 0 Å². The molecule has 0 radical (unpaired) electrons. The van der Waals surface area contributed by atoms with Gasteiger partial charge in [0.25, 0.3) is 0 Å². The van der Waals surface area contributed by atoms with Crippen molar-refractivity contribution in [3.63, 3.8) is 0 Å². The molecule has 0 aromatic carbocycles. The van der Waals surface area contributed by atoms with Gasteiger partial charge in [-0.1, -0.05) is 24.3 Å². The Kier molecular flexibility index (Phi) is 3.67. The maximum Gasteiger partial charge on any atom is 0.112 e. The van der Waals surface area contributed by atoms with Gasteiger partial charge in [0.2, 0.25) is 0 Å². The molecule has 0 amide bonds. The first kappa shape index (κ1) is 11.8. The zero-order valence-corrected chi connectivity index (χ0v) is 10.7. The maximum atomic E-state index is 5.46. The zero-order chi connectivity index (χ0) is 12.2. The predicted octanol–water partition coefficient (Wildman–Crippen LogP) is 0.988. The molecule has 0 aromatic rings. The Hall–Kier alpha value is -1.26. The highest BCUT2D eigenvalue weighted by molar-refractivity contribution is 5.43. The van der Waals surface area contributed by atoms with Crippen LogP contribution in [0, 0.1) is 0 Å². The molecule has 1 aliphatic carbocycles. The molecule has 0 aromatic heterocycles. The van der Waals surface area contributed by atoms with Crippen LogP contribution in [0.3, 0.4) is 0 Å². The van der Waals surface area contributed by atoms with Crippen LogP contribution in [-0.4, -0.2) is 62.4 Å². The van der Waals surface area contributed by atoms with E-state index in [2.05, 4.69) is 34.1 Å². The number of nitrogens with zero attached hydrogens (tertiary/aromatic N) is 2. The monoisotopic (exact) mass is 248 g/mol. The van der Waals surface area contributed by atoms with E-state index >= 15 is 0 Å². The summed E-state index contributed by atoms with van der Waals surface area (Å²) in [6.45, 7) is 7.25. The average molecular weight is 248 g/mol. The second kappa shape index (κ2) is 5.59. The van der Waals surface area contributed by atoms with Gasteiger partial charge in [-0.25, -0.2) is 0 Å². The molecule has 0 N–H and O–H groups in total. The summed E-state index contributed by atoms with van der Waals surface area (Å²) in [5, 5.41) is 0. The molecular weight excluding hydrogens is 228 g/mol. The fourth-order valence-electron chi connectivity index (χ4n) is 2.64. The van der Waals surface area contributed by atoms with Crippen molar-refractivity contribution >= 4 is 0 Å². The molecule has 4 heteroatoms. The molecule has 3 rings (SSSR count). The molecule has 0 atom stereocenters. The van der Waals surface area contributed by atoms with E-state index in [1.165, 1.54) is 11.4 Å². The highest BCUT2D eigenvalue weighted by Crippen LogP contribution is 2.22. The number of hydrogen-bond donors (Lipinski definition) is 0. The van der Waals surface area contributed by atoms with Crippen LogP contribution in [0.25, 0.3) is 0 Å². The second-order valence-corrected chi connectivity index (χ2v) is 4.70. The molecule has 98 valence electrons. The van der Waals surface area contributed by atoms with Crippen molar-refractivity contribution in [2.24, 2.45) is 0 Å². The lowest BCUT2D eigenvalue weighted by Crippen LogP contribution is -2.46. The van der Waals surface area contributed by atoms with Crippen molar-refractivity contribution in [3.05, 3.63) is 35.7 Å². The number of morpholine rings is 2. The van der Waals surface area contributed by atoms with Crippen LogP contribution in [0.15, 0.2) is 35.7 Å². The number of ether oxygens (including phenoxy) is 2. The second-order valence-electron chi connectivity index (χ2n) is 4.70. The summed E-state index contributed by atoms with van der Waals surface area (Å²) in [6, 6.07) is 0. The van der Waals surface area contributed by atoms with E-state index in [9.17, 15) is 0 Å². The smallest absolute Gasteiger partial charge is 0.112 e. The summed E-state index contributed by atoms with van der Waals surface area (Å²) in [6.07, 6.45) is 8.60. The fourth-order valence-corrected chi connectivity index (χ4v) is 2.64. The van der Waals surface area contributed by atoms with Gasteiger partial charge in [0, 0.05) is 31.8 Å². The van der Waals surface area contributed by atoms with Gasteiger partial charge in [-0.05, 0) is 0 Å². The minimum absolute atomic E-state index is 0.828. The first-order valence-electron chi connectivity index (χ1n) is 6.69. The summed E-state index contributed by atoms with van der Waals surface area (Å²) in [5.74, 6) is 1.35. The van der Waals surface area contributed by atoms with Gasteiger partial charge in [-0.3, -0.25) is 0 Å². The standard InChI is InChI=1S/C14H20N2O2/c1-2-4-13(3-1)14(15-5-9-17-10-6-15)16-7-11-18-12-8-16/h1-4H,5-12H2. The Balaban J connectivity index is 1.85. The molecule has 3 aliphatic rings. The highest BCUT2D eigenvalue weighted by atomic mass is 16.5. The summed E-state index contributed by atoms with van der Waals surface area (Å²) in [5.41, 5.74) is 1.32. The normalized spacial score (nSPS) is 23.9. The summed E-state index contributed by atoms with van der Waals surface area (Å²) in [7, 11) is 0. The summed E-state index contributed by atoms with van der Waals surface area (Å²) in [4.78, 5) is 4.90. The van der Waals surface area contributed by atoms with Crippen LogP contribution in [0.4, 0.5) is 0 Å². The van der Waals surface area contributed by atoms with Crippen molar-refractivity contribution in [2.45, 2.75) is 0 Å². The minimum atomic E-state index is 0.828. The Labute approximate surface area is 108 Å². The van der Waals surface area contributed by atoms with Gasteiger partial charge in [0.15, 0.2) is 0 Å². The molecule has 2 saturated heterocycles. The molecule has 2 fully saturated rings. The lowest BCUT2D eigenvalue weighted by Gasteiger charge is -2.40. The first-order chi connectivity index (χ1) is 8.95. The Bertz CT molecular complexity index is 341. The van der Waals surface area contributed by atoms with Crippen LogP contribution in [0.5, 0.6) is 0 Å². The Morgan fingerprint density at radius 1 is 0.778 bits per heavy atom. The van der Waals surface area contributed by atoms with Gasteiger partial charge < -0.3 is 19.3 Å². The third-order valence-electron chi connectivity index (χ3n) is 3.54. The van der Waals surface area contributed by atoms with Crippen LogP contribution in [0.1, 0.15) is 0 Å². The number of hydrogen-bond acceptors (Lipinski definition) is 4. The molecule has 0 saturated carbocycles. The van der Waals surface area contributed by atoms with E-state index in [4.69, 9.17) is 9.47 Å². The molecular formula is C14H20N2O2. The average Bonchev–Trinajstić information content (AvgIpc) is 2.95. The predicted molar refractivity (Wildman–Crippen MR) is 70.1 cm³/mol. The first-order valence-corrected chi connectivity index (χ1v) is 6.69. The molecule has 0 bridgehead atoms. The lowest BCUT2D eigenvalue weighted by atomic mass is 10.2. The van der Waals surface area contributed by atoms with Gasteiger partial charge in [0.05, 0.1) is 26.4 Å². The molecule has 2 heterocycles. The van der Waals surface area contributed by atoms with Crippen LogP contribution in [-0.2, 0) is 9.47 Å². The zero-order valence-electron chi connectivity index (χ0n) is 10.7. The number of rotatable bonds is 2. The molecule has 2 aliphatic heterocycles. The van der Waals surface area contributed by atoms with Crippen molar-refractivity contribution in [1.82, 2.24) is 9.80 Å². The Morgan fingerprint density at radius 2 is 1.22 bits per heavy atom. The summed E-state index contributed by atoms with van der Waals surface area (Å²) < 4.78 is 10.9. The lowest BCUT2D eigenvalue weighted by molar-refractivity contribution is 0.00809. The van der Waals surface area contributed by atoms with E-state index in [1.54, 1.807) is 0 Å². The van der Waals surface area contributed by atoms with Gasteiger partial charge in [-0.15, -0.1) is 0 Å².